The first-order chi connectivity index (χ1) is 5.86. The minimum atomic E-state index is 0.705. The van der Waals surface area contributed by atoms with Crippen LogP contribution >= 0.6 is 0 Å². The average molecular weight is 165 g/mol. The van der Waals surface area contributed by atoms with Crippen molar-refractivity contribution in [1.29, 1.82) is 0 Å². The van der Waals surface area contributed by atoms with E-state index in [9.17, 15) is 0 Å². The summed E-state index contributed by atoms with van der Waals surface area (Å²) in [5.74, 6) is 1.55. The summed E-state index contributed by atoms with van der Waals surface area (Å²) < 4.78 is 10.8. The average Bonchev–Trinajstić information content (AvgIpc) is 2.28. The molecule has 1 aromatic rings. The lowest BCUT2D eigenvalue weighted by molar-refractivity contribution is 0.297. The number of anilines is 1. The normalized spacial score (nSPS) is 15.3. The van der Waals surface area contributed by atoms with Crippen molar-refractivity contribution >= 4 is 5.69 Å². The largest absolute Gasteiger partial charge is 0.490 e. The highest BCUT2D eigenvalue weighted by Gasteiger charge is 2.08. The molecular weight excluding hydrogens is 154 g/mol. The molecule has 0 atom stereocenters. The van der Waals surface area contributed by atoms with E-state index in [0.29, 0.717) is 12.3 Å². The van der Waals surface area contributed by atoms with Gasteiger partial charge in [0, 0.05) is 18.2 Å². The van der Waals surface area contributed by atoms with Crippen molar-refractivity contribution in [3.8, 4) is 11.5 Å². The zero-order valence-corrected chi connectivity index (χ0v) is 6.75. The van der Waals surface area contributed by atoms with Crippen LogP contribution in [0.2, 0.25) is 0 Å². The van der Waals surface area contributed by atoms with Crippen LogP contribution in [0.4, 0.5) is 5.69 Å². The highest BCUT2D eigenvalue weighted by Crippen LogP contribution is 2.30. The second kappa shape index (κ2) is 2.93. The lowest BCUT2D eigenvalue weighted by Gasteiger charge is -2.06. The van der Waals surface area contributed by atoms with Crippen LogP contribution < -0.4 is 15.2 Å². The van der Waals surface area contributed by atoms with Crippen LogP contribution in [0.5, 0.6) is 11.5 Å². The SMILES string of the molecule is Nc1ccc2c(c1)OCCCO2. The summed E-state index contributed by atoms with van der Waals surface area (Å²) in [5.41, 5.74) is 6.30. The van der Waals surface area contributed by atoms with E-state index in [2.05, 4.69) is 0 Å². The molecule has 0 amide bonds. The molecule has 3 nitrogen and oxygen atoms in total. The topological polar surface area (TPSA) is 44.5 Å². The fourth-order valence-electron chi connectivity index (χ4n) is 1.18. The quantitative estimate of drug-likeness (QED) is 0.591. The molecular formula is C9H11NO2. The minimum Gasteiger partial charge on any atom is -0.490 e. The lowest BCUT2D eigenvalue weighted by Crippen LogP contribution is -1.97. The van der Waals surface area contributed by atoms with Crippen LogP contribution in [0.1, 0.15) is 6.42 Å². The third-order valence-electron chi connectivity index (χ3n) is 1.77. The number of nitrogen functional groups attached to an aromatic ring is 1. The predicted octanol–water partition coefficient (Wildman–Crippen LogP) is 1.43. The van der Waals surface area contributed by atoms with Crippen LogP contribution in [0.25, 0.3) is 0 Å². The first-order valence-electron chi connectivity index (χ1n) is 4.01. The molecule has 2 N–H and O–H groups in total. The third kappa shape index (κ3) is 1.30. The van der Waals surface area contributed by atoms with E-state index in [0.717, 1.165) is 24.5 Å². The molecule has 1 aliphatic rings. The molecule has 2 rings (SSSR count). The van der Waals surface area contributed by atoms with Gasteiger partial charge in [0.2, 0.25) is 0 Å². The van der Waals surface area contributed by atoms with E-state index < -0.39 is 0 Å². The highest BCUT2D eigenvalue weighted by molar-refractivity contribution is 5.52. The predicted molar refractivity (Wildman–Crippen MR) is 46.5 cm³/mol. The summed E-state index contributed by atoms with van der Waals surface area (Å²) in [6.45, 7) is 1.42. The lowest BCUT2D eigenvalue weighted by atomic mass is 10.3. The molecule has 1 heterocycles. The summed E-state index contributed by atoms with van der Waals surface area (Å²) in [6, 6.07) is 5.45. The zero-order valence-electron chi connectivity index (χ0n) is 6.75. The Bertz CT molecular complexity index is 286. The van der Waals surface area contributed by atoms with Gasteiger partial charge >= 0.3 is 0 Å². The number of benzene rings is 1. The van der Waals surface area contributed by atoms with E-state index in [1.165, 1.54) is 0 Å². The first-order valence-corrected chi connectivity index (χ1v) is 4.01. The maximum Gasteiger partial charge on any atom is 0.163 e. The van der Waals surface area contributed by atoms with Gasteiger partial charge in [0.25, 0.3) is 0 Å². The molecule has 0 aromatic heterocycles. The number of hydrogen-bond acceptors (Lipinski definition) is 3. The van der Waals surface area contributed by atoms with Gasteiger partial charge in [-0.25, -0.2) is 0 Å². The number of nitrogens with two attached hydrogens (primary N) is 1. The van der Waals surface area contributed by atoms with E-state index >= 15 is 0 Å². The number of rotatable bonds is 0. The summed E-state index contributed by atoms with van der Waals surface area (Å²) in [5, 5.41) is 0. The van der Waals surface area contributed by atoms with Gasteiger partial charge in [0.1, 0.15) is 0 Å². The van der Waals surface area contributed by atoms with Crippen LogP contribution in [-0.4, -0.2) is 13.2 Å². The number of fused-ring (bicyclic) bond motifs is 1. The monoisotopic (exact) mass is 165 g/mol. The van der Waals surface area contributed by atoms with Crippen LogP contribution in [0.3, 0.4) is 0 Å². The van der Waals surface area contributed by atoms with Gasteiger partial charge in [-0.2, -0.15) is 0 Å². The van der Waals surface area contributed by atoms with Crippen LogP contribution in [0, 0.1) is 0 Å². The van der Waals surface area contributed by atoms with Gasteiger partial charge < -0.3 is 15.2 Å². The van der Waals surface area contributed by atoms with Gasteiger partial charge in [0.05, 0.1) is 13.2 Å². The number of ether oxygens (including phenoxy) is 2. The fourth-order valence-corrected chi connectivity index (χ4v) is 1.18. The minimum absolute atomic E-state index is 0.705. The Balaban J connectivity index is 2.36. The molecule has 0 fully saturated rings. The van der Waals surface area contributed by atoms with Gasteiger partial charge in [-0.1, -0.05) is 0 Å². The van der Waals surface area contributed by atoms with Crippen molar-refractivity contribution in [2.24, 2.45) is 0 Å². The third-order valence-corrected chi connectivity index (χ3v) is 1.77. The van der Waals surface area contributed by atoms with Crippen molar-refractivity contribution in [3.63, 3.8) is 0 Å². The summed E-state index contributed by atoms with van der Waals surface area (Å²) in [4.78, 5) is 0. The van der Waals surface area contributed by atoms with E-state index in [-0.39, 0.29) is 0 Å². The summed E-state index contributed by atoms with van der Waals surface area (Å²) in [7, 11) is 0. The second-order valence-electron chi connectivity index (χ2n) is 2.76. The van der Waals surface area contributed by atoms with Crippen molar-refractivity contribution in [3.05, 3.63) is 18.2 Å². The maximum atomic E-state index is 5.60. The molecule has 0 unspecified atom stereocenters. The Hall–Kier alpha value is -1.38. The molecule has 0 spiro atoms. The molecule has 0 bridgehead atoms. The van der Waals surface area contributed by atoms with Crippen molar-refractivity contribution in [2.75, 3.05) is 18.9 Å². The Kier molecular flexibility index (Phi) is 1.78. The second-order valence-corrected chi connectivity index (χ2v) is 2.76. The smallest absolute Gasteiger partial charge is 0.163 e. The number of hydrogen-bond donors (Lipinski definition) is 1. The summed E-state index contributed by atoms with van der Waals surface area (Å²) >= 11 is 0. The van der Waals surface area contributed by atoms with E-state index in [1.807, 2.05) is 12.1 Å². The maximum absolute atomic E-state index is 5.60. The van der Waals surface area contributed by atoms with Crippen LogP contribution in [0.15, 0.2) is 18.2 Å². The molecule has 0 aliphatic carbocycles. The molecule has 3 heteroatoms. The fraction of sp³-hybridized carbons (Fsp3) is 0.333. The molecule has 64 valence electrons. The zero-order chi connectivity index (χ0) is 8.39. The standard InChI is InChI=1S/C9H11NO2/c10-7-2-3-8-9(6-7)12-5-1-4-11-8/h2-3,6H,1,4-5,10H2. The van der Waals surface area contributed by atoms with Crippen molar-refractivity contribution in [1.82, 2.24) is 0 Å². The molecule has 0 radical (unpaired) electrons. The van der Waals surface area contributed by atoms with Crippen LogP contribution in [-0.2, 0) is 0 Å². The summed E-state index contributed by atoms with van der Waals surface area (Å²) in [6.07, 6.45) is 0.925. The van der Waals surface area contributed by atoms with Gasteiger partial charge in [-0.3, -0.25) is 0 Å². The Labute approximate surface area is 71.1 Å². The highest BCUT2D eigenvalue weighted by atomic mass is 16.5. The Morgan fingerprint density at radius 2 is 1.83 bits per heavy atom. The molecule has 0 saturated carbocycles. The van der Waals surface area contributed by atoms with Crippen molar-refractivity contribution < 1.29 is 9.47 Å². The first kappa shape index (κ1) is 7.28. The van der Waals surface area contributed by atoms with Gasteiger partial charge in [-0.15, -0.1) is 0 Å². The molecule has 1 aliphatic heterocycles. The van der Waals surface area contributed by atoms with E-state index in [1.54, 1.807) is 6.07 Å². The van der Waals surface area contributed by atoms with E-state index in [4.69, 9.17) is 15.2 Å². The molecule has 12 heavy (non-hydrogen) atoms. The Morgan fingerprint density at radius 3 is 2.67 bits per heavy atom. The van der Waals surface area contributed by atoms with Crippen molar-refractivity contribution in [2.45, 2.75) is 6.42 Å². The Morgan fingerprint density at radius 1 is 1.08 bits per heavy atom. The molecule has 0 saturated heterocycles. The van der Waals surface area contributed by atoms with Gasteiger partial charge in [-0.05, 0) is 12.1 Å². The molecule has 1 aromatic carbocycles. The van der Waals surface area contributed by atoms with Gasteiger partial charge in [0.15, 0.2) is 11.5 Å².